The zero-order valence-corrected chi connectivity index (χ0v) is 7.14. The predicted octanol–water partition coefficient (Wildman–Crippen LogP) is 2.29. The highest BCUT2D eigenvalue weighted by molar-refractivity contribution is 4.87. The molecule has 11 heavy (non-hydrogen) atoms. The molecule has 0 aromatic rings. The Kier molecular flexibility index (Phi) is 1.90. The molecule has 1 heterocycles. The molecule has 0 N–H and O–H groups in total. The minimum absolute atomic E-state index is 0.0699. The third kappa shape index (κ3) is 1.30. The molecule has 2 heteroatoms. The minimum Gasteiger partial charge on any atom is -0.233 e. The van der Waals surface area contributed by atoms with Crippen LogP contribution in [0.15, 0.2) is 0 Å². The first kappa shape index (κ1) is 7.56. The molecule has 0 spiro atoms. The first-order valence-corrected chi connectivity index (χ1v) is 4.62. The Balaban J connectivity index is 1.91. The van der Waals surface area contributed by atoms with Crippen molar-refractivity contribution in [1.82, 2.24) is 0 Å². The third-order valence-corrected chi connectivity index (χ3v) is 3.06. The van der Waals surface area contributed by atoms with Gasteiger partial charge in [-0.3, -0.25) is 0 Å². The topological polar surface area (TPSA) is 18.5 Å². The Hall–Kier alpha value is -0.0800. The van der Waals surface area contributed by atoms with Gasteiger partial charge in [0.05, 0.1) is 0 Å². The minimum atomic E-state index is 0.0699. The predicted molar refractivity (Wildman–Crippen MR) is 42.0 cm³/mol. The van der Waals surface area contributed by atoms with E-state index in [-0.39, 0.29) is 5.60 Å². The molecule has 1 saturated carbocycles. The van der Waals surface area contributed by atoms with Gasteiger partial charge in [-0.1, -0.05) is 19.3 Å². The van der Waals surface area contributed by atoms with E-state index in [1.54, 1.807) is 0 Å². The Morgan fingerprint density at radius 2 is 1.82 bits per heavy atom. The van der Waals surface area contributed by atoms with Gasteiger partial charge in [0.2, 0.25) is 0 Å². The van der Waals surface area contributed by atoms with Crippen molar-refractivity contribution in [2.45, 2.75) is 44.6 Å². The lowest BCUT2D eigenvalue weighted by Crippen LogP contribution is -2.51. The smallest absolute Gasteiger partial charge is 0.130 e. The molecule has 2 fully saturated rings. The molecular weight excluding hydrogens is 140 g/mol. The maximum Gasteiger partial charge on any atom is 0.130 e. The van der Waals surface area contributed by atoms with Gasteiger partial charge in [-0.15, -0.1) is 0 Å². The van der Waals surface area contributed by atoms with Crippen LogP contribution < -0.4 is 0 Å². The summed E-state index contributed by atoms with van der Waals surface area (Å²) in [6, 6.07) is 0. The number of hydrogen-bond donors (Lipinski definition) is 0. The molecule has 2 nitrogen and oxygen atoms in total. The van der Waals surface area contributed by atoms with Crippen LogP contribution in [0, 0.1) is 5.92 Å². The fourth-order valence-electron chi connectivity index (χ4n) is 2.14. The average molecular weight is 156 g/mol. The molecule has 2 rings (SSSR count). The van der Waals surface area contributed by atoms with Crippen LogP contribution in [0.2, 0.25) is 0 Å². The zero-order chi connectivity index (χ0) is 7.73. The molecule has 0 amide bonds. The third-order valence-electron chi connectivity index (χ3n) is 3.06. The van der Waals surface area contributed by atoms with Crippen LogP contribution in [0.5, 0.6) is 0 Å². The maximum atomic E-state index is 5.16. The first-order chi connectivity index (χ1) is 5.31. The van der Waals surface area contributed by atoms with Crippen molar-refractivity contribution >= 4 is 0 Å². The van der Waals surface area contributed by atoms with Crippen molar-refractivity contribution in [3.8, 4) is 0 Å². The SMILES string of the molecule is CC1(C2CCCCC2)COO1. The van der Waals surface area contributed by atoms with Crippen molar-refractivity contribution in [1.29, 1.82) is 0 Å². The Morgan fingerprint density at radius 3 is 2.27 bits per heavy atom. The Bertz CT molecular complexity index is 134. The highest BCUT2D eigenvalue weighted by Crippen LogP contribution is 2.39. The van der Waals surface area contributed by atoms with Gasteiger partial charge in [-0.25, -0.2) is 9.78 Å². The maximum absolute atomic E-state index is 5.16. The second kappa shape index (κ2) is 2.76. The summed E-state index contributed by atoms with van der Waals surface area (Å²) in [5.74, 6) is 0.755. The van der Waals surface area contributed by atoms with Crippen molar-refractivity contribution in [2.75, 3.05) is 6.61 Å². The largest absolute Gasteiger partial charge is 0.233 e. The van der Waals surface area contributed by atoms with E-state index in [2.05, 4.69) is 6.92 Å². The fraction of sp³-hybridized carbons (Fsp3) is 1.00. The normalized spacial score (nSPS) is 40.1. The second-order valence-corrected chi connectivity index (χ2v) is 3.99. The van der Waals surface area contributed by atoms with E-state index < -0.39 is 0 Å². The van der Waals surface area contributed by atoms with Crippen molar-refractivity contribution < 1.29 is 9.78 Å². The summed E-state index contributed by atoms with van der Waals surface area (Å²) in [5, 5.41) is 0. The average Bonchev–Trinajstić information content (AvgIpc) is 2.02. The van der Waals surface area contributed by atoms with Gasteiger partial charge in [-0.05, 0) is 25.7 Å². The molecule has 1 unspecified atom stereocenters. The van der Waals surface area contributed by atoms with E-state index in [9.17, 15) is 0 Å². The van der Waals surface area contributed by atoms with Crippen LogP contribution in [0.3, 0.4) is 0 Å². The van der Waals surface area contributed by atoms with Gasteiger partial charge < -0.3 is 0 Å². The molecule has 0 bridgehead atoms. The van der Waals surface area contributed by atoms with Gasteiger partial charge in [0.15, 0.2) is 0 Å². The van der Waals surface area contributed by atoms with Gasteiger partial charge in [0, 0.05) is 0 Å². The lowest BCUT2D eigenvalue weighted by atomic mass is 9.78. The molecule has 2 aliphatic rings. The van der Waals surface area contributed by atoms with Crippen LogP contribution in [-0.2, 0) is 9.78 Å². The summed E-state index contributed by atoms with van der Waals surface area (Å²) in [7, 11) is 0. The van der Waals surface area contributed by atoms with Gasteiger partial charge in [0.25, 0.3) is 0 Å². The van der Waals surface area contributed by atoms with Crippen molar-refractivity contribution in [3.05, 3.63) is 0 Å². The first-order valence-electron chi connectivity index (χ1n) is 4.62. The van der Waals surface area contributed by atoms with E-state index in [0.29, 0.717) is 0 Å². The summed E-state index contributed by atoms with van der Waals surface area (Å²) < 4.78 is 0. The molecule has 1 saturated heterocycles. The lowest BCUT2D eigenvalue weighted by molar-refractivity contribution is -0.479. The monoisotopic (exact) mass is 156 g/mol. The Labute approximate surface area is 67.8 Å². The van der Waals surface area contributed by atoms with E-state index >= 15 is 0 Å². The standard InChI is InChI=1S/C9H16O2/c1-9(7-10-11-9)8-5-3-2-4-6-8/h8H,2-7H2,1H3. The number of rotatable bonds is 1. The summed E-state index contributed by atoms with van der Waals surface area (Å²) in [6.45, 7) is 2.98. The van der Waals surface area contributed by atoms with Crippen LogP contribution in [0.25, 0.3) is 0 Å². The molecule has 1 atom stereocenters. The molecule has 0 aromatic carbocycles. The second-order valence-electron chi connectivity index (χ2n) is 3.99. The van der Waals surface area contributed by atoms with E-state index in [1.165, 1.54) is 32.1 Å². The molecular formula is C9H16O2. The van der Waals surface area contributed by atoms with Crippen molar-refractivity contribution in [2.24, 2.45) is 5.92 Å². The summed E-state index contributed by atoms with van der Waals surface area (Å²) >= 11 is 0. The van der Waals surface area contributed by atoms with Crippen LogP contribution in [-0.4, -0.2) is 12.2 Å². The van der Waals surface area contributed by atoms with Gasteiger partial charge >= 0.3 is 0 Å². The van der Waals surface area contributed by atoms with Crippen LogP contribution in [0.4, 0.5) is 0 Å². The molecule has 0 radical (unpaired) electrons. The molecule has 1 aliphatic heterocycles. The highest BCUT2D eigenvalue weighted by atomic mass is 17.2. The summed E-state index contributed by atoms with van der Waals surface area (Å²) in [6.07, 6.45) is 6.83. The van der Waals surface area contributed by atoms with Crippen LogP contribution in [0.1, 0.15) is 39.0 Å². The quantitative estimate of drug-likeness (QED) is 0.542. The van der Waals surface area contributed by atoms with Gasteiger partial charge in [-0.2, -0.15) is 0 Å². The fourth-order valence-corrected chi connectivity index (χ4v) is 2.14. The van der Waals surface area contributed by atoms with Gasteiger partial charge in [0.1, 0.15) is 12.2 Å². The molecule has 0 aromatic heterocycles. The summed E-state index contributed by atoms with van der Waals surface area (Å²) in [5.41, 5.74) is 0.0699. The molecule has 64 valence electrons. The Morgan fingerprint density at radius 1 is 1.18 bits per heavy atom. The highest BCUT2D eigenvalue weighted by Gasteiger charge is 2.43. The molecule has 1 aliphatic carbocycles. The van der Waals surface area contributed by atoms with E-state index in [1.807, 2.05) is 0 Å². The summed E-state index contributed by atoms with van der Waals surface area (Å²) in [4.78, 5) is 9.95. The van der Waals surface area contributed by atoms with E-state index in [0.717, 1.165) is 12.5 Å². The zero-order valence-electron chi connectivity index (χ0n) is 7.14. The van der Waals surface area contributed by atoms with Crippen molar-refractivity contribution in [3.63, 3.8) is 0 Å². The van der Waals surface area contributed by atoms with Crippen LogP contribution >= 0.6 is 0 Å². The lowest BCUT2D eigenvalue weighted by Gasteiger charge is -2.43. The number of hydrogen-bond acceptors (Lipinski definition) is 2. The van der Waals surface area contributed by atoms with E-state index in [4.69, 9.17) is 9.78 Å².